The van der Waals surface area contributed by atoms with Crippen LogP contribution in [0.15, 0.2) is 0 Å². The highest BCUT2D eigenvalue weighted by Crippen LogP contribution is 2.55. The first kappa shape index (κ1) is 12.9. The lowest BCUT2D eigenvalue weighted by Gasteiger charge is -2.56. The third kappa shape index (κ3) is 2.63. The second kappa shape index (κ2) is 4.80. The zero-order valence-electron chi connectivity index (χ0n) is 11.6. The smallest absolute Gasteiger partial charge is 0.315 e. The molecule has 4 bridgehead atoms. The number of carbonyl (C=O) groups is 2. The van der Waals surface area contributed by atoms with Crippen LogP contribution in [-0.4, -0.2) is 24.0 Å². The van der Waals surface area contributed by atoms with Crippen molar-refractivity contribution in [2.45, 2.75) is 57.4 Å². The Kier molecular flexibility index (Phi) is 3.27. The first-order valence-corrected chi connectivity index (χ1v) is 7.55. The van der Waals surface area contributed by atoms with Gasteiger partial charge in [-0.25, -0.2) is 0 Å². The standard InChI is InChI=1S/C15H23NO3/c1-2-19-14(18)6-13(17)16-15-7-10-3-11(8-15)5-12(4-10)9-15/h10-12H,2-9H2,1H3,(H,16,17). The van der Waals surface area contributed by atoms with Gasteiger partial charge in [0, 0.05) is 5.54 Å². The summed E-state index contributed by atoms with van der Waals surface area (Å²) in [6.45, 7) is 2.10. The van der Waals surface area contributed by atoms with Gasteiger partial charge in [-0.3, -0.25) is 9.59 Å². The van der Waals surface area contributed by atoms with E-state index in [1.54, 1.807) is 6.92 Å². The van der Waals surface area contributed by atoms with Crippen LogP contribution < -0.4 is 5.32 Å². The van der Waals surface area contributed by atoms with Crippen LogP contribution in [0.1, 0.15) is 51.9 Å². The predicted octanol–water partition coefficient (Wildman–Crippen LogP) is 2.02. The Hall–Kier alpha value is -1.06. The van der Waals surface area contributed by atoms with Crippen LogP contribution in [0.2, 0.25) is 0 Å². The van der Waals surface area contributed by atoms with Gasteiger partial charge in [-0.1, -0.05) is 0 Å². The van der Waals surface area contributed by atoms with Gasteiger partial charge in [-0.15, -0.1) is 0 Å². The Morgan fingerprint density at radius 2 is 1.63 bits per heavy atom. The molecule has 1 N–H and O–H groups in total. The number of amides is 1. The molecule has 0 aromatic carbocycles. The summed E-state index contributed by atoms with van der Waals surface area (Å²) >= 11 is 0. The molecule has 0 heterocycles. The van der Waals surface area contributed by atoms with Crippen molar-refractivity contribution in [1.82, 2.24) is 5.32 Å². The van der Waals surface area contributed by atoms with Crippen molar-refractivity contribution < 1.29 is 14.3 Å². The summed E-state index contributed by atoms with van der Waals surface area (Å²) < 4.78 is 4.83. The van der Waals surface area contributed by atoms with Crippen molar-refractivity contribution in [2.24, 2.45) is 17.8 Å². The number of carbonyl (C=O) groups excluding carboxylic acids is 2. The van der Waals surface area contributed by atoms with E-state index in [0.717, 1.165) is 37.0 Å². The molecule has 1 amide bonds. The maximum absolute atomic E-state index is 12.0. The Morgan fingerprint density at radius 3 is 2.11 bits per heavy atom. The van der Waals surface area contributed by atoms with Gasteiger partial charge >= 0.3 is 5.97 Å². The monoisotopic (exact) mass is 265 g/mol. The summed E-state index contributed by atoms with van der Waals surface area (Å²) in [5.41, 5.74) is -0.00166. The molecule has 4 heteroatoms. The molecule has 106 valence electrons. The third-order valence-corrected chi connectivity index (χ3v) is 5.05. The average molecular weight is 265 g/mol. The molecule has 0 unspecified atom stereocenters. The molecule has 0 saturated heterocycles. The van der Waals surface area contributed by atoms with Crippen molar-refractivity contribution in [3.05, 3.63) is 0 Å². The zero-order chi connectivity index (χ0) is 13.5. The lowest BCUT2D eigenvalue weighted by molar-refractivity contribution is -0.147. The summed E-state index contributed by atoms with van der Waals surface area (Å²) in [5.74, 6) is 1.84. The number of rotatable bonds is 4. The maximum Gasteiger partial charge on any atom is 0.315 e. The van der Waals surface area contributed by atoms with Crippen LogP contribution in [-0.2, 0) is 14.3 Å². The van der Waals surface area contributed by atoms with Crippen LogP contribution in [0, 0.1) is 17.8 Å². The Labute approximate surface area is 114 Å². The summed E-state index contributed by atoms with van der Waals surface area (Å²) in [6.07, 6.45) is 7.29. The molecular formula is C15H23NO3. The molecule has 0 atom stereocenters. The zero-order valence-corrected chi connectivity index (χ0v) is 11.6. The topological polar surface area (TPSA) is 55.4 Å². The van der Waals surface area contributed by atoms with Crippen molar-refractivity contribution in [3.8, 4) is 0 Å². The van der Waals surface area contributed by atoms with Gasteiger partial charge in [0.1, 0.15) is 6.42 Å². The van der Waals surface area contributed by atoms with Gasteiger partial charge in [0.15, 0.2) is 0 Å². The van der Waals surface area contributed by atoms with E-state index in [1.807, 2.05) is 0 Å². The lowest BCUT2D eigenvalue weighted by Crippen LogP contribution is -2.60. The second-order valence-corrected chi connectivity index (χ2v) is 6.73. The first-order chi connectivity index (χ1) is 9.08. The van der Waals surface area contributed by atoms with E-state index in [1.165, 1.54) is 19.3 Å². The van der Waals surface area contributed by atoms with Crippen LogP contribution in [0.5, 0.6) is 0 Å². The quantitative estimate of drug-likeness (QED) is 0.625. The molecule has 0 aromatic rings. The molecule has 0 aliphatic heterocycles. The predicted molar refractivity (Wildman–Crippen MR) is 70.3 cm³/mol. The highest BCUT2D eigenvalue weighted by Gasteiger charge is 2.51. The summed E-state index contributed by atoms with van der Waals surface area (Å²) in [6, 6.07) is 0. The largest absolute Gasteiger partial charge is 0.466 e. The molecule has 4 saturated carbocycles. The minimum absolute atomic E-state index is 0.00166. The van der Waals surface area contributed by atoms with E-state index in [0.29, 0.717) is 6.61 Å². The Balaban J connectivity index is 1.60. The van der Waals surface area contributed by atoms with E-state index < -0.39 is 5.97 Å². The molecule has 0 aromatic heterocycles. The van der Waals surface area contributed by atoms with Crippen LogP contribution >= 0.6 is 0 Å². The molecule has 0 spiro atoms. The van der Waals surface area contributed by atoms with Crippen LogP contribution in [0.25, 0.3) is 0 Å². The van der Waals surface area contributed by atoms with Crippen molar-refractivity contribution >= 4 is 11.9 Å². The van der Waals surface area contributed by atoms with Crippen LogP contribution in [0.4, 0.5) is 0 Å². The van der Waals surface area contributed by atoms with Crippen molar-refractivity contribution in [3.63, 3.8) is 0 Å². The molecule has 0 radical (unpaired) electrons. The maximum atomic E-state index is 12.0. The lowest BCUT2D eigenvalue weighted by atomic mass is 9.53. The van der Waals surface area contributed by atoms with Gasteiger partial charge in [0.25, 0.3) is 0 Å². The van der Waals surface area contributed by atoms with Gasteiger partial charge in [-0.05, 0) is 63.2 Å². The molecule has 4 rings (SSSR count). The van der Waals surface area contributed by atoms with Crippen LogP contribution in [0.3, 0.4) is 0 Å². The van der Waals surface area contributed by atoms with E-state index in [-0.39, 0.29) is 17.9 Å². The molecule has 4 fully saturated rings. The second-order valence-electron chi connectivity index (χ2n) is 6.73. The number of ether oxygens (including phenoxy) is 1. The first-order valence-electron chi connectivity index (χ1n) is 7.55. The van der Waals surface area contributed by atoms with Gasteiger partial charge in [0.05, 0.1) is 6.61 Å². The van der Waals surface area contributed by atoms with E-state index in [2.05, 4.69) is 5.32 Å². The molecule has 4 aliphatic rings. The number of nitrogens with one attached hydrogen (secondary N) is 1. The Morgan fingerprint density at radius 1 is 1.11 bits per heavy atom. The summed E-state index contributed by atoms with van der Waals surface area (Å²) in [4.78, 5) is 23.4. The van der Waals surface area contributed by atoms with Gasteiger partial charge < -0.3 is 10.1 Å². The SMILES string of the molecule is CCOC(=O)CC(=O)NC12CC3CC(CC(C3)C1)C2. The van der Waals surface area contributed by atoms with E-state index in [4.69, 9.17) is 4.74 Å². The minimum atomic E-state index is -0.412. The molecule has 4 nitrogen and oxygen atoms in total. The minimum Gasteiger partial charge on any atom is -0.466 e. The fourth-order valence-electron chi connectivity index (χ4n) is 4.95. The molecule has 19 heavy (non-hydrogen) atoms. The highest BCUT2D eigenvalue weighted by molar-refractivity contribution is 5.94. The summed E-state index contributed by atoms with van der Waals surface area (Å²) in [5, 5.41) is 3.17. The molecular weight excluding hydrogens is 242 g/mol. The third-order valence-electron chi connectivity index (χ3n) is 5.05. The van der Waals surface area contributed by atoms with E-state index >= 15 is 0 Å². The normalized spacial score (nSPS) is 39.1. The van der Waals surface area contributed by atoms with Gasteiger partial charge in [0.2, 0.25) is 5.91 Å². The fourth-order valence-corrected chi connectivity index (χ4v) is 4.95. The van der Waals surface area contributed by atoms with Crippen molar-refractivity contribution in [1.29, 1.82) is 0 Å². The number of hydrogen-bond acceptors (Lipinski definition) is 3. The molecule has 4 aliphatic carbocycles. The fraction of sp³-hybridized carbons (Fsp3) is 0.867. The van der Waals surface area contributed by atoms with E-state index in [9.17, 15) is 9.59 Å². The average Bonchev–Trinajstić information content (AvgIpc) is 2.25. The van der Waals surface area contributed by atoms with Gasteiger partial charge in [-0.2, -0.15) is 0 Å². The highest BCUT2D eigenvalue weighted by atomic mass is 16.5. The van der Waals surface area contributed by atoms with Crippen molar-refractivity contribution in [2.75, 3.05) is 6.61 Å². The number of hydrogen-bond donors (Lipinski definition) is 1. The summed E-state index contributed by atoms with van der Waals surface area (Å²) in [7, 11) is 0. The number of esters is 1. The Bertz CT molecular complexity index is 356.